The molecule has 98 valence electrons. The minimum atomic E-state index is 0.927. The van der Waals surface area contributed by atoms with E-state index in [9.17, 15) is 0 Å². The SMILES string of the molecule is c1ccc2c(c1)CCN2CCCC1CCCNC1. The van der Waals surface area contributed by atoms with Gasteiger partial charge in [-0.05, 0) is 62.7 Å². The van der Waals surface area contributed by atoms with E-state index in [0.29, 0.717) is 0 Å². The molecular weight excluding hydrogens is 220 g/mol. The van der Waals surface area contributed by atoms with Crippen LogP contribution in [0.3, 0.4) is 0 Å². The van der Waals surface area contributed by atoms with E-state index in [1.165, 1.54) is 69.5 Å². The molecule has 0 bridgehead atoms. The Balaban J connectivity index is 1.47. The molecule has 0 spiro atoms. The summed E-state index contributed by atoms with van der Waals surface area (Å²) in [6.07, 6.45) is 6.79. The van der Waals surface area contributed by atoms with Crippen LogP contribution in [0.2, 0.25) is 0 Å². The Kier molecular flexibility index (Phi) is 3.84. The Labute approximate surface area is 110 Å². The van der Waals surface area contributed by atoms with E-state index in [4.69, 9.17) is 0 Å². The molecule has 1 saturated heterocycles. The Morgan fingerprint density at radius 2 is 2.22 bits per heavy atom. The fraction of sp³-hybridized carbons (Fsp3) is 0.625. The molecule has 1 N–H and O–H groups in total. The van der Waals surface area contributed by atoms with Gasteiger partial charge in [0, 0.05) is 18.8 Å². The molecule has 0 saturated carbocycles. The van der Waals surface area contributed by atoms with Gasteiger partial charge in [0.05, 0.1) is 0 Å². The number of benzene rings is 1. The molecule has 2 heterocycles. The first-order valence-electron chi connectivity index (χ1n) is 7.47. The van der Waals surface area contributed by atoms with Crippen molar-refractivity contribution in [1.29, 1.82) is 0 Å². The summed E-state index contributed by atoms with van der Waals surface area (Å²) in [5.74, 6) is 0.927. The van der Waals surface area contributed by atoms with E-state index in [0.717, 1.165) is 5.92 Å². The fourth-order valence-electron chi connectivity index (χ4n) is 3.38. The molecule has 2 aliphatic rings. The van der Waals surface area contributed by atoms with Crippen LogP contribution in [0, 0.1) is 5.92 Å². The average molecular weight is 244 g/mol. The van der Waals surface area contributed by atoms with E-state index < -0.39 is 0 Å². The number of nitrogens with one attached hydrogen (secondary N) is 1. The first kappa shape index (κ1) is 12.0. The van der Waals surface area contributed by atoms with Crippen LogP contribution in [-0.4, -0.2) is 26.2 Å². The van der Waals surface area contributed by atoms with Gasteiger partial charge in [-0.3, -0.25) is 0 Å². The van der Waals surface area contributed by atoms with Crippen LogP contribution < -0.4 is 10.2 Å². The van der Waals surface area contributed by atoms with Crippen molar-refractivity contribution in [3.05, 3.63) is 29.8 Å². The Morgan fingerprint density at radius 1 is 1.28 bits per heavy atom. The average Bonchev–Trinajstić information content (AvgIpc) is 2.84. The van der Waals surface area contributed by atoms with Gasteiger partial charge in [0.25, 0.3) is 0 Å². The van der Waals surface area contributed by atoms with Crippen LogP contribution >= 0.6 is 0 Å². The smallest absolute Gasteiger partial charge is 0.0399 e. The zero-order valence-corrected chi connectivity index (χ0v) is 11.2. The predicted octanol–water partition coefficient (Wildman–Crippen LogP) is 2.83. The second-order valence-electron chi connectivity index (χ2n) is 5.72. The lowest BCUT2D eigenvalue weighted by Gasteiger charge is -2.24. The molecule has 0 aliphatic carbocycles. The van der Waals surface area contributed by atoms with Gasteiger partial charge in [0.2, 0.25) is 0 Å². The zero-order valence-electron chi connectivity index (χ0n) is 11.2. The van der Waals surface area contributed by atoms with Gasteiger partial charge >= 0.3 is 0 Å². The number of fused-ring (bicyclic) bond motifs is 1. The highest BCUT2D eigenvalue weighted by Gasteiger charge is 2.18. The maximum absolute atomic E-state index is 3.52. The number of anilines is 1. The van der Waals surface area contributed by atoms with Gasteiger partial charge in [0.1, 0.15) is 0 Å². The van der Waals surface area contributed by atoms with Crippen LogP contribution in [0.5, 0.6) is 0 Å². The van der Waals surface area contributed by atoms with Crippen molar-refractivity contribution in [3.63, 3.8) is 0 Å². The monoisotopic (exact) mass is 244 g/mol. The lowest BCUT2D eigenvalue weighted by molar-refractivity contribution is 0.351. The predicted molar refractivity (Wildman–Crippen MR) is 77.2 cm³/mol. The van der Waals surface area contributed by atoms with E-state index >= 15 is 0 Å². The summed E-state index contributed by atoms with van der Waals surface area (Å²) < 4.78 is 0. The van der Waals surface area contributed by atoms with Crippen molar-refractivity contribution in [2.75, 3.05) is 31.1 Å². The Morgan fingerprint density at radius 3 is 3.11 bits per heavy atom. The first-order valence-corrected chi connectivity index (χ1v) is 7.47. The number of nitrogens with zero attached hydrogens (tertiary/aromatic N) is 1. The van der Waals surface area contributed by atoms with Crippen molar-refractivity contribution in [1.82, 2.24) is 5.32 Å². The Bertz CT molecular complexity index is 382. The van der Waals surface area contributed by atoms with Crippen molar-refractivity contribution >= 4 is 5.69 Å². The van der Waals surface area contributed by atoms with Crippen molar-refractivity contribution in [3.8, 4) is 0 Å². The lowest BCUT2D eigenvalue weighted by Crippen LogP contribution is -2.30. The summed E-state index contributed by atoms with van der Waals surface area (Å²) in [5, 5.41) is 3.52. The normalized spacial score (nSPS) is 23.1. The maximum atomic E-state index is 3.52. The maximum Gasteiger partial charge on any atom is 0.0399 e. The second kappa shape index (κ2) is 5.75. The van der Waals surface area contributed by atoms with Crippen molar-refractivity contribution in [2.45, 2.75) is 32.1 Å². The van der Waals surface area contributed by atoms with E-state index in [1.54, 1.807) is 0 Å². The summed E-state index contributed by atoms with van der Waals surface area (Å²) in [6.45, 7) is 4.95. The summed E-state index contributed by atoms with van der Waals surface area (Å²) in [6, 6.07) is 8.89. The standard InChI is InChI=1S/C16H24N2/c1-2-8-16-15(7-1)9-12-18(16)11-4-6-14-5-3-10-17-13-14/h1-2,7-8,14,17H,3-6,9-13H2. The molecule has 1 atom stereocenters. The molecule has 3 rings (SSSR count). The third kappa shape index (κ3) is 2.69. The molecule has 0 amide bonds. The molecular formula is C16H24N2. The molecule has 0 aromatic heterocycles. The fourth-order valence-corrected chi connectivity index (χ4v) is 3.38. The third-order valence-electron chi connectivity index (χ3n) is 4.42. The quantitative estimate of drug-likeness (QED) is 0.876. The van der Waals surface area contributed by atoms with Gasteiger partial charge in [-0.2, -0.15) is 0 Å². The molecule has 1 aromatic carbocycles. The topological polar surface area (TPSA) is 15.3 Å². The number of rotatable bonds is 4. The summed E-state index contributed by atoms with van der Waals surface area (Å²) >= 11 is 0. The molecule has 1 aromatic rings. The minimum Gasteiger partial charge on any atom is -0.371 e. The molecule has 18 heavy (non-hydrogen) atoms. The summed E-state index contributed by atoms with van der Waals surface area (Å²) in [5.41, 5.74) is 3.02. The Hall–Kier alpha value is -1.02. The number of para-hydroxylation sites is 1. The number of hydrogen-bond donors (Lipinski definition) is 1. The highest BCUT2D eigenvalue weighted by Crippen LogP contribution is 2.28. The van der Waals surface area contributed by atoms with Crippen LogP contribution in [0.1, 0.15) is 31.2 Å². The lowest BCUT2D eigenvalue weighted by atomic mass is 9.95. The van der Waals surface area contributed by atoms with E-state index in [1.807, 2.05) is 0 Å². The zero-order chi connectivity index (χ0) is 12.2. The minimum absolute atomic E-state index is 0.927. The van der Waals surface area contributed by atoms with Gasteiger partial charge in [-0.1, -0.05) is 18.2 Å². The van der Waals surface area contributed by atoms with Gasteiger partial charge in [-0.15, -0.1) is 0 Å². The second-order valence-corrected chi connectivity index (χ2v) is 5.72. The first-order chi connectivity index (χ1) is 8.93. The molecule has 2 nitrogen and oxygen atoms in total. The molecule has 0 radical (unpaired) electrons. The summed E-state index contributed by atoms with van der Waals surface area (Å²) in [4.78, 5) is 2.57. The molecule has 1 unspecified atom stereocenters. The van der Waals surface area contributed by atoms with Gasteiger partial charge in [0.15, 0.2) is 0 Å². The van der Waals surface area contributed by atoms with Crippen LogP contribution in [0.25, 0.3) is 0 Å². The van der Waals surface area contributed by atoms with Crippen LogP contribution in [0.4, 0.5) is 5.69 Å². The largest absolute Gasteiger partial charge is 0.371 e. The number of hydrogen-bond acceptors (Lipinski definition) is 2. The molecule has 1 fully saturated rings. The van der Waals surface area contributed by atoms with Crippen LogP contribution in [-0.2, 0) is 6.42 Å². The van der Waals surface area contributed by atoms with Crippen molar-refractivity contribution in [2.24, 2.45) is 5.92 Å². The highest BCUT2D eigenvalue weighted by molar-refractivity contribution is 5.57. The number of piperidine rings is 1. The van der Waals surface area contributed by atoms with Gasteiger partial charge < -0.3 is 10.2 Å². The summed E-state index contributed by atoms with van der Waals surface area (Å²) in [7, 11) is 0. The molecule has 2 aliphatic heterocycles. The highest BCUT2D eigenvalue weighted by atomic mass is 15.1. The molecule has 2 heteroatoms. The van der Waals surface area contributed by atoms with E-state index in [2.05, 4.69) is 34.5 Å². The third-order valence-corrected chi connectivity index (χ3v) is 4.42. The van der Waals surface area contributed by atoms with Gasteiger partial charge in [-0.25, -0.2) is 0 Å². The van der Waals surface area contributed by atoms with E-state index in [-0.39, 0.29) is 0 Å². The van der Waals surface area contributed by atoms with Crippen LogP contribution in [0.15, 0.2) is 24.3 Å². The van der Waals surface area contributed by atoms with Crippen molar-refractivity contribution < 1.29 is 0 Å².